The molecule has 0 atom stereocenters. The Morgan fingerprint density at radius 1 is 0.872 bits per heavy atom. The van der Waals surface area contributed by atoms with Gasteiger partial charge in [-0.1, -0.05) is 12.1 Å². The molecule has 0 aromatic heterocycles. The SMILES string of the molecule is CCOc1cc(CN2CCC3(CC2)CN(c2ccc(C(=O)O)c(OC)c2)C3)cc(OCC)c1-c1ccc(F)cc1.O=C(O)C(F)(F)F. The van der Waals surface area contributed by atoms with Crippen LogP contribution < -0.4 is 19.1 Å². The largest absolute Gasteiger partial charge is 0.496 e. The number of carbonyl (C=O) groups is 2. The van der Waals surface area contributed by atoms with Crippen LogP contribution >= 0.6 is 0 Å². The zero-order valence-electron chi connectivity index (χ0n) is 26.4. The maximum Gasteiger partial charge on any atom is 0.490 e. The highest BCUT2D eigenvalue weighted by Gasteiger charge is 2.45. The molecule has 254 valence electrons. The minimum absolute atomic E-state index is 0.181. The highest BCUT2D eigenvalue weighted by Crippen LogP contribution is 2.45. The minimum Gasteiger partial charge on any atom is -0.496 e. The van der Waals surface area contributed by atoms with Gasteiger partial charge in [0.15, 0.2) is 0 Å². The Bertz CT molecular complexity index is 1520. The van der Waals surface area contributed by atoms with Crippen LogP contribution in [0, 0.1) is 11.2 Å². The topological polar surface area (TPSA) is 109 Å². The fourth-order valence-electron chi connectivity index (χ4n) is 5.93. The van der Waals surface area contributed by atoms with E-state index in [2.05, 4.69) is 21.9 Å². The molecule has 2 aliphatic rings. The van der Waals surface area contributed by atoms with Crippen LogP contribution in [0.2, 0.25) is 0 Å². The van der Waals surface area contributed by atoms with E-state index in [1.54, 1.807) is 18.2 Å². The van der Waals surface area contributed by atoms with Crippen LogP contribution in [-0.2, 0) is 11.3 Å². The smallest absolute Gasteiger partial charge is 0.490 e. The van der Waals surface area contributed by atoms with Crippen LogP contribution in [0.15, 0.2) is 54.6 Å². The molecular formula is C34H38F4N2O7. The number of carboxylic acid groups (broad SMARTS) is 2. The zero-order chi connectivity index (χ0) is 34.4. The molecule has 0 radical (unpaired) electrons. The summed E-state index contributed by atoms with van der Waals surface area (Å²) in [6.45, 7) is 9.71. The molecule has 2 N–H and O–H groups in total. The number of aliphatic carboxylic acids is 1. The van der Waals surface area contributed by atoms with Gasteiger partial charge in [-0.2, -0.15) is 13.2 Å². The molecule has 9 nitrogen and oxygen atoms in total. The van der Waals surface area contributed by atoms with Crippen molar-refractivity contribution in [3.63, 3.8) is 0 Å². The van der Waals surface area contributed by atoms with E-state index in [1.807, 2.05) is 26.0 Å². The average molecular weight is 663 g/mol. The third-order valence-corrected chi connectivity index (χ3v) is 8.26. The van der Waals surface area contributed by atoms with Gasteiger partial charge in [0, 0.05) is 36.8 Å². The second-order valence-electron chi connectivity index (χ2n) is 11.5. The first-order chi connectivity index (χ1) is 22.3. The second-order valence-corrected chi connectivity index (χ2v) is 11.5. The lowest BCUT2D eigenvalue weighted by molar-refractivity contribution is -0.192. The second kappa shape index (κ2) is 14.9. The van der Waals surface area contributed by atoms with Gasteiger partial charge >= 0.3 is 18.1 Å². The van der Waals surface area contributed by atoms with Gasteiger partial charge in [-0.05, 0) is 87.3 Å². The molecule has 2 aliphatic heterocycles. The number of halogens is 4. The van der Waals surface area contributed by atoms with Gasteiger partial charge in [-0.15, -0.1) is 0 Å². The quantitative estimate of drug-likeness (QED) is 0.229. The molecule has 47 heavy (non-hydrogen) atoms. The van der Waals surface area contributed by atoms with E-state index in [-0.39, 0.29) is 16.8 Å². The number of benzene rings is 3. The number of ether oxygens (including phenoxy) is 3. The van der Waals surface area contributed by atoms with Crippen molar-refractivity contribution in [1.82, 2.24) is 4.90 Å². The Balaban J connectivity index is 0.000000644. The van der Waals surface area contributed by atoms with Crippen molar-refractivity contribution in [2.45, 2.75) is 39.4 Å². The number of piperidine rings is 1. The van der Waals surface area contributed by atoms with E-state index < -0.39 is 18.1 Å². The molecule has 0 aliphatic carbocycles. The molecule has 0 unspecified atom stereocenters. The molecular weight excluding hydrogens is 624 g/mol. The number of hydrogen-bond donors (Lipinski definition) is 2. The third-order valence-electron chi connectivity index (χ3n) is 8.26. The molecule has 0 amide bonds. The van der Waals surface area contributed by atoms with Crippen LogP contribution in [0.1, 0.15) is 42.6 Å². The number of carboxylic acids is 2. The fraction of sp³-hybridized carbons (Fsp3) is 0.412. The molecule has 3 aromatic rings. The molecule has 2 fully saturated rings. The van der Waals surface area contributed by atoms with E-state index in [4.69, 9.17) is 24.1 Å². The maximum atomic E-state index is 13.6. The Labute approximate surface area is 270 Å². The highest BCUT2D eigenvalue weighted by molar-refractivity contribution is 5.91. The predicted octanol–water partition coefficient (Wildman–Crippen LogP) is 6.73. The lowest BCUT2D eigenvalue weighted by atomic mass is 9.71. The lowest BCUT2D eigenvalue weighted by Gasteiger charge is -2.55. The van der Waals surface area contributed by atoms with Crippen LogP contribution in [0.3, 0.4) is 0 Å². The average Bonchev–Trinajstić information content (AvgIpc) is 3.01. The Morgan fingerprint density at radius 2 is 1.43 bits per heavy atom. The Morgan fingerprint density at radius 3 is 1.89 bits per heavy atom. The molecule has 3 aromatic carbocycles. The third kappa shape index (κ3) is 8.64. The summed E-state index contributed by atoms with van der Waals surface area (Å²) < 4.78 is 62.7. The summed E-state index contributed by atoms with van der Waals surface area (Å²) in [6.07, 6.45) is -2.86. The van der Waals surface area contributed by atoms with Crippen LogP contribution in [0.4, 0.5) is 23.2 Å². The van der Waals surface area contributed by atoms with Gasteiger partial charge in [0.2, 0.25) is 0 Å². The Hall–Kier alpha value is -4.52. The van der Waals surface area contributed by atoms with E-state index in [1.165, 1.54) is 19.2 Å². The number of aromatic carboxylic acids is 1. The van der Waals surface area contributed by atoms with Crippen molar-refractivity contribution in [3.05, 3.63) is 71.5 Å². The van der Waals surface area contributed by atoms with E-state index in [0.717, 1.165) is 79.4 Å². The number of likely N-dealkylation sites (tertiary alicyclic amines) is 1. The Kier molecular flexibility index (Phi) is 11.2. The summed E-state index contributed by atoms with van der Waals surface area (Å²) in [7, 11) is 1.50. The minimum atomic E-state index is -5.08. The number of alkyl halides is 3. The van der Waals surface area contributed by atoms with Crippen LogP contribution in [-0.4, -0.2) is 79.7 Å². The van der Waals surface area contributed by atoms with Gasteiger partial charge < -0.3 is 29.3 Å². The summed E-state index contributed by atoms with van der Waals surface area (Å²) >= 11 is 0. The van der Waals surface area contributed by atoms with Crippen LogP contribution in [0.5, 0.6) is 17.2 Å². The van der Waals surface area contributed by atoms with Gasteiger partial charge in [0.25, 0.3) is 0 Å². The molecule has 1 spiro atoms. The number of anilines is 1. The predicted molar refractivity (Wildman–Crippen MR) is 167 cm³/mol. The van der Waals surface area contributed by atoms with Gasteiger partial charge in [0.1, 0.15) is 28.6 Å². The van der Waals surface area contributed by atoms with Crippen molar-refractivity contribution in [1.29, 1.82) is 0 Å². The monoisotopic (exact) mass is 662 g/mol. The van der Waals surface area contributed by atoms with E-state index in [9.17, 15) is 27.5 Å². The first-order valence-electron chi connectivity index (χ1n) is 15.2. The van der Waals surface area contributed by atoms with Crippen molar-refractivity contribution in [2.24, 2.45) is 5.41 Å². The van der Waals surface area contributed by atoms with Crippen molar-refractivity contribution in [3.8, 4) is 28.4 Å². The van der Waals surface area contributed by atoms with E-state index in [0.29, 0.717) is 19.0 Å². The van der Waals surface area contributed by atoms with Crippen molar-refractivity contribution < 1.29 is 51.6 Å². The molecule has 0 bridgehead atoms. The number of nitrogens with zero attached hydrogens (tertiary/aromatic N) is 2. The molecule has 0 saturated carbocycles. The number of rotatable bonds is 10. The molecule has 5 rings (SSSR count). The summed E-state index contributed by atoms with van der Waals surface area (Å²) in [5.41, 5.74) is 4.32. The lowest BCUT2D eigenvalue weighted by Crippen LogP contribution is -2.60. The summed E-state index contributed by atoms with van der Waals surface area (Å²) in [4.78, 5) is 25.1. The first kappa shape index (κ1) is 35.3. The standard InChI is InChI=1S/C32H37FN2O5.C2HF3O2/c1-4-39-28-16-22(17-29(40-5-2)30(28)23-6-8-24(33)9-7-23)19-34-14-12-32(13-15-34)20-35(21-32)25-10-11-26(31(36)37)27(18-25)38-3;3-2(4,5)1(6)7/h6-11,16-18H,4-5,12-15,19-21H2,1-3H3,(H,36,37);(H,6,7). The van der Waals surface area contributed by atoms with Gasteiger partial charge in [-0.3, -0.25) is 4.90 Å². The highest BCUT2D eigenvalue weighted by atomic mass is 19.4. The summed E-state index contributed by atoms with van der Waals surface area (Å²) in [5.74, 6) is -2.12. The van der Waals surface area contributed by atoms with Crippen LogP contribution in [0.25, 0.3) is 11.1 Å². The van der Waals surface area contributed by atoms with Crippen molar-refractivity contribution >= 4 is 17.6 Å². The molecule has 2 heterocycles. The summed E-state index contributed by atoms with van der Waals surface area (Å²) in [5, 5.41) is 16.5. The van der Waals surface area contributed by atoms with Gasteiger partial charge in [-0.25, -0.2) is 14.0 Å². The molecule has 2 saturated heterocycles. The van der Waals surface area contributed by atoms with E-state index >= 15 is 0 Å². The summed E-state index contributed by atoms with van der Waals surface area (Å²) in [6, 6.07) is 15.9. The maximum absolute atomic E-state index is 13.6. The van der Waals surface area contributed by atoms with Gasteiger partial charge in [0.05, 0.1) is 25.9 Å². The first-order valence-corrected chi connectivity index (χ1v) is 15.2. The van der Waals surface area contributed by atoms with Crippen molar-refractivity contribution in [2.75, 3.05) is 51.4 Å². The number of hydrogen-bond acceptors (Lipinski definition) is 7. The normalized spacial score (nSPS) is 15.7. The zero-order valence-corrected chi connectivity index (χ0v) is 26.4. The molecule has 13 heteroatoms. The fourth-order valence-corrected chi connectivity index (χ4v) is 5.93. The number of methoxy groups -OCH3 is 1.